The molecule has 2 aliphatic rings. The van der Waals surface area contributed by atoms with Gasteiger partial charge in [0.25, 0.3) is 0 Å². The highest BCUT2D eigenvalue weighted by Gasteiger charge is 2.47. The van der Waals surface area contributed by atoms with E-state index in [0.29, 0.717) is 0 Å². The van der Waals surface area contributed by atoms with E-state index in [4.69, 9.17) is 18.6 Å². The highest BCUT2D eigenvalue weighted by Crippen LogP contribution is 2.39. The Balaban J connectivity index is 1.48. The standard InChI is InChI=1S/C28H32O15/c1-9-4-16(20(34)23(37)19(9)33)40-8-17-21(35)24(38)25(39)28(42-17)43-27-22(36)18-14(32)6-11(29)7-15(18)41-26(27)10-2-3-12(30)13(31)5-10/h2-3,5-7,9,16-17,19-21,23-25,28-35,37-39H,4,8H2,1H3/t9-,16-,17-,19+,20+,21+,23-,24+,25-,28+/m1/s1. The molecular formula is C28H32O15. The molecular weight excluding hydrogens is 576 g/mol. The quantitative estimate of drug-likeness (QED) is 0.150. The topological polar surface area (TPSA) is 260 Å². The van der Waals surface area contributed by atoms with E-state index in [1.165, 1.54) is 6.07 Å². The lowest BCUT2D eigenvalue weighted by Crippen LogP contribution is -2.61. The van der Waals surface area contributed by atoms with Crippen molar-refractivity contribution < 1.29 is 69.7 Å². The minimum absolute atomic E-state index is 0.0148. The number of fused-ring (bicyclic) bond motifs is 1. The summed E-state index contributed by atoms with van der Waals surface area (Å²) < 4.78 is 22.8. The summed E-state index contributed by atoms with van der Waals surface area (Å²) in [6.45, 7) is 1.17. The van der Waals surface area contributed by atoms with Crippen LogP contribution in [0.25, 0.3) is 22.3 Å². The highest BCUT2D eigenvalue weighted by atomic mass is 16.7. The Hall–Kier alpha value is -3.67. The van der Waals surface area contributed by atoms with Gasteiger partial charge in [0, 0.05) is 17.7 Å². The summed E-state index contributed by atoms with van der Waals surface area (Å²) >= 11 is 0. The first-order valence-corrected chi connectivity index (χ1v) is 13.4. The minimum atomic E-state index is -1.94. The third kappa shape index (κ3) is 5.69. The SMILES string of the molecule is C[C@@H]1C[C@@H](OC[C@H]2O[C@@H](Oc3c(-c4ccc(O)c(O)c4)oc4cc(O)cc(O)c4c3=O)[C@H](O)[C@@H](O)[C@H]2O)[C@H](O)[C@H](O)[C@H]1O. The van der Waals surface area contributed by atoms with Crippen molar-refractivity contribution in [3.8, 4) is 40.1 Å². The molecule has 2 heterocycles. The summed E-state index contributed by atoms with van der Waals surface area (Å²) in [5.74, 6) is -3.68. The molecule has 0 bridgehead atoms. The van der Waals surface area contributed by atoms with E-state index in [2.05, 4.69) is 0 Å². The molecule has 43 heavy (non-hydrogen) atoms. The van der Waals surface area contributed by atoms with Crippen molar-refractivity contribution in [2.24, 2.45) is 5.92 Å². The van der Waals surface area contributed by atoms with Gasteiger partial charge in [-0.2, -0.15) is 0 Å². The molecule has 5 rings (SSSR count). The molecule has 0 amide bonds. The van der Waals surface area contributed by atoms with Gasteiger partial charge in [-0.3, -0.25) is 4.79 Å². The predicted octanol–water partition coefficient (Wildman–Crippen LogP) is -1.02. The molecule has 2 fully saturated rings. The zero-order valence-corrected chi connectivity index (χ0v) is 22.6. The molecule has 234 valence electrons. The Morgan fingerprint density at radius 1 is 0.814 bits per heavy atom. The fourth-order valence-corrected chi connectivity index (χ4v) is 5.29. The van der Waals surface area contributed by atoms with E-state index in [9.17, 15) is 55.9 Å². The van der Waals surface area contributed by atoms with Gasteiger partial charge in [0.1, 0.15) is 59.1 Å². The smallest absolute Gasteiger partial charge is 0.239 e. The summed E-state index contributed by atoms with van der Waals surface area (Å²) in [7, 11) is 0. The van der Waals surface area contributed by atoms with Crippen LogP contribution >= 0.6 is 0 Å². The molecule has 10 N–H and O–H groups in total. The van der Waals surface area contributed by atoms with Crippen LogP contribution in [-0.2, 0) is 9.47 Å². The Labute approximate surface area is 242 Å². The van der Waals surface area contributed by atoms with Crippen molar-refractivity contribution in [2.75, 3.05) is 6.61 Å². The van der Waals surface area contributed by atoms with Gasteiger partial charge in [0.2, 0.25) is 17.5 Å². The highest BCUT2D eigenvalue weighted by molar-refractivity contribution is 5.88. The number of aliphatic hydroxyl groups excluding tert-OH is 6. The lowest BCUT2D eigenvalue weighted by atomic mass is 9.82. The lowest BCUT2D eigenvalue weighted by Gasteiger charge is -2.42. The summed E-state index contributed by atoms with van der Waals surface area (Å²) in [6.07, 6.45) is -13.7. The first kappa shape index (κ1) is 30.8. The number of rotatable bonds is 6. The van der Waals surface area contributed by atoms with Crippen molar-refractivity contribution in [1.82, 2.24) is 0 Å². The zero-order chi connectivity index (χ0) is 31.3. The molecule has 0 radical (unpaired) electrons. The van der Waals surface area contributed by atoms with E-state index in [1.807, 2.05) is 0 Å². The Kier molecular flexibility index (Phi) is 8.43. The first-order chi connectivity index (χ1) is 20.3. The van der Waals surface area contributed by atoms with Crippen molar-refractivity contribution in [2.45, 2.75) is 68.5 Å². The maximum absolute atomic E-state index is 13.6. The van der Waals surface area contributed by atoms with Crippen LogP contribution in [0.4, 0.5) is 0 Å². The summed E-state index contributed by atoms with van der Waals surface area (Å²) in [5.41, 5.74) is -1.30. The van der Waals surface area contributed by atoms with Crippen molar-refractivity contribution >= 4 is 11.0 Å². The molecule has 15 nitrogen and oxygen atoms in total. The molecule has 1 aromatic heterocycles. The van der Waals surface area contributed by atoms with Crippen molar-refractivity contribution in [3.63, 3.8) is 0 Å². The normalized spacial score (nSPS) is 33.0. The summed E-state index contributed by atoms with van der Waals surface area (Å²) in [4.78, 5) is 13.6. The number of ether oxygens (including phenoxy) is 3. The van der Waals surface area contributed by atoms with Crippen LogP contribution in [0.2, 0.25) is 0 Å². The van der Waals surface area contributed by atoms with Gasteiger partial charge in [-0.25, -0.2) is 0 Å². The average Bonchev–Trinajstić information content (AvgIpc) is 2.96. The van der Waals surface area contributed by atoms with Crippen molar-refractivity contribution in [1.29, 1.82) is 0 Å². The molecule has 1 saturated carbocycles. The molecule has 10 atom stereocenters. The Morgan fingerprint density at radius 2 is 1.51 bits per heavy atom. The monoisotopic (exact) mass is 608 g/mol. The summed E-state index contributed by atoms with van der Waals surface area (Å²) in [6, 6.07) is 5.30. The van der Waals surface area contributed by atoms with Gasteiger partial charge in [-0.15, -0.1) is 0 Å². The van der Waals surface area contributed by atoms with Crippen LogP contribution in [0.3, 0.4) is 0 Å². The molecule has 3 aromatic rings. The largest absolute Gasteiger partial charge is 0.508 e. The first-order valence-electron chi connectivity index (χ1n) is 13.4. The molecule has 15 heteroatoms. The van der Waals surface area contributed by atoms with Gasteiger partial charge < -0.3 is 69.7 Å². The molecule has 1 aliphatic carbocycles. The third-order valence-corrected chi connectivity index (χ3v) is 7.80. The second-order valence-electron chi connectivity index (χ2n) is 10.8. The lowest BCUT2D eigenvalue weighted by molar-refractivity contribution is -0.285. The van der Waals surface area contributed by atoms with E-state index in [1.54, 1.807) is 6.92 Å². The van der Waals surface area contributed by atoms with E-state index >= 15 is 0 Å². The van der Waals surface area contributed by atoms with Gasteiger partial charge in [0.05, 0.1) is 18.8 Å². The van der Waals surface area contributed by atoms with Crippen LogP contribution < -0.4 is 10.2 Å². The number of phenols is 4. The van der Waals surface area contributed by atoms with Crippen LogP contribution in [0.1, 0.15) is 13.3 Å². The van der Waals surface area contributed by atoms with E-state index in [0.717, 1.165) is 24.3 Å². The second-order valence-corrected chi connectivity index (χ2v) is 10.8. The number of hydrogen-bond donors (Lipinski definition) is 10. The van der Waals surface area contributed by atoms with Crippen LogP contribution in [0, 0.1) is 5.92 Å². The van der Waals surface area contributed by atoms with Crippen LogP contribution in [0.5, 0.6) is 28.7 Å². The molecule has 0 spiro atoms. The Bertz CT molecular complexity index is 1540. The van der Waals surface area contributed by atoms with Crippen molar-refractivity contribution in [3.05, 3.63) is 40.6 Å². The predicted molar refractivity (Wildman–Crippen MR) is 143 cm³/mol. The maximum atomic E-state index is 13.6. The number of aromatic hydroxyl groups is 4. The van der Waals surface area contributed by atoms with E-state index in [-0.39, 0.29) is 23.3 Å². The fraction of sp³-hybridized carbons (Fsp3) is 0.464. The Morgan fingerprint density at radius 3 is 2.21 bits per heavy atom. The van der Waals surface area contributed by atoms with E-state index < -0.39 is 107 Å². The molecule has 2 aromatic carbocycles. The van der Waals surface area contributed by atoms with Gasteiger partial charge in [0.15, 0.2) is 17.3 Å². The average molecular weight is 609 g/mol. The van der Waals surface area contributed by atoms with Gasteiger partial charge >= 0.3 is 0 Å². The fourth-order valence-electron chi connectivity index (χ4n) is 5.29. The maximum Gasteiger partial charge on any atom is 0.239 e. The number of aliphatic hydroxyl groups is 6. The number of hydrogen-bond acceptors (Lipinski definition) is 15. The molecule has 1 saturated heterocycles. The zero-order valence-electron chi connectivity index (χ0n) is 22.6. The van der Waals surface area contributed by atoms with Gasteiger partial charge in [-0.05, 0) is 30.5 Å². The summed E-state index contributed by atoms with van der Waals surface area (Å²) in [5, 5.41) is 102. The second kappa shape index (κ2) is 11.8. The third-order valence-electron chi connectivity index (χ3n) is 7.80. The number of phenolic OH excluding ortho intramolecular Hbond substituents is 4. The molecule has 1 aliphatic heterocycles. The minimum Gasteiger partial charge on any atom is -0.508 e. The molecule has 0 unspecified atom stereocenters. The van der Waals surface area contributed by atoms with Crippen LogP contribution in [-0.4, -0.2) is 113 Å². The van der Waals surface area contributed by atoms with Gasteiger partial charge in [-0.1, -0.05) is 6.92 Å². The van der Waals surface area contributed by atoms with Crippen LogP contribution in [0.15, 0.2) is 39.5 Å². The number of benzene rings is 2.